The Morgan fingerprint density at radius 3 is 2.14 bits per heavy atom. The van der Waals surface area contributed by atoms with Crippen molar-refractivity contribution in [2.45, 2.75) is 108 Å². The van der Waals surface area contributed by atoms with Gasteiger partial charge in [-0.15, -0.1) is 0 Å². The number of carbonyl (C=O) groups is 2. The highest BCUT2D eigenvalue weighted by Gasteiger charge is 2.49. The number of rotatable bonds is 14. The van der Waals surface area contributed by atoms with E-state index in [4.69, 9.17) is 14.5 Å². The van der Waals surface area contributed by atoms with Gasteiger partial charge in [0.1, 0.15) is 18.6 Å². The number of halogens is 3. The van der Waals surface area contributed by atoms with Crippen molar-refractivity contribution >= 4 is 41.9 Å². The van der Waals surface area contributed by atoms with Gasteiger partial charge in [-0.3, -0.25) is 14.5 Å². The molecule has 1 aliphatic heterocycles. The number of imide groups is 1. The number of aromatic nitrogens is 2. The van der Waals surface area contributed by atoms with Crippen LogP contribution >= 0.6 is 0 Å². The van der Waals surface area contributed by atoms with Gasteiger partial charge >= 0.3 is 6.18 Å². The van der Waals surface area contributed by atoms with E-state index in [-0.39, 0.29) is 24.5 Å². The molecule has 3 atom stereocenters. The Morgan fingerprint density at radius 2 is 1.61 bits per heavy atom. The Kier molecular flexibility index (Phi) is 10.4. The maximum Gasteiger partial charge on any atom is 0.416 e. The first-order valence-corrected chi connectivity index (χ1v) is 21.5. The Labute approximate surface area is 289 Å². The lowest BCUT2D eigenvalue weighted by Crippen LogP contribution is -2.45. The summed E-state index contributed by atoms with van der Waals surface area (Å²) < 4.78 is 70.6. The van der Waals surface area contributed by atoms with Crippen molar-refractivity contribution in [3.8, 4) is 0 Å². The molecule has 0 radical (unpaired) electrons. The SMILES string of the molecule is CC(C)(C)[S@@](=O)N[C@@H](COC(C)(C)C(F)(F)F)c1nc2cc([C@@H](C3CC3)N3C(=O)c4ccccc4C3=O)ccc2n1COCC[Si](C)(C)C. The fraction of sp³-hybridized carbons (Fsp3) is 0.571. The van der Waals surface area contributed by atoms with E-state index >= 15 is 0 Å². The number of hydrogen-bond acceptors (Lipinski definition) is 6. The second-order valence-electron chi connectivity index (χ2n) is 15.7. The van der Waals surface area contributed by atoms with E-state index in [0.717, 1.165) is 38.3 Å². The number of carbonyl (C=O) groups excluding carboxylic acids is 2. The number of hydrogen-bond donors (Lipinski definition) is 1. The molecular weight excluding hydrogens is 674 g/mol. The number of imidazole rings is 1. The van der Waals surface area contributed by atoms with Crippen molar-refractivity contribution in [1.82, 2.24) is 19.2 Å². The molecule has 5 rings (SSSR count). The molecule has 0 saturated heterocycles. The summed E-state index contributed by atoms with van der Waals surface area (Å²) in [4.78, 5) is 33.3. The lowest BCUT2D eigenvalue weighted by atomic mass is 10.00. The quantitative estimate of drug-likeness (QED) is 0.105. The molecule has 2 heterocycles. The van der Waals surface area contributed by atoms with E-state index < -0.39 is 54.3 Å². The lowest BCUT2D eigenvalue weighted by Gasteiger charge is -2.31. The topological polar surface area (TPSA) is 103 Å². The summed E-state index contributed by atoms with van der Waals surface area (Å²) in [5.74, 6) is -0.275. The molecule has 0 bridgehead atoms. The molecule has 1 aromatic heterocycles. The van der Waals surface area contributed by atoms with Crippen molar-refractivity contribution in [2.24, 2.45) is 5.92 Å². The molecule has 0 spiro atoms. The Hall–Kier alpha value is -2.91. The highest BCUT2D eigenvalue weighted by atomic mass is 32.2. The first-order valence-electron chi connectivity index (χ1n) is 16.6. The van der Waals surface area contributed by atoms with Crippen LogP contribution in [0.1, 0.15) is 91.6 Å². The number of benzene rings is 2. The first-order chi connectivity index (χ1) is 22.7. The van der Waals surface area contributed by atoms with Gasteiger partial charge in [0, 0.05) is 14.7 Å². The summed E-state index contributed by atoms with van der Waals surface area (Å²) in [7, 11) is -3.11. The van der Waals surface area contributed by atoms with E-state index in [1.165, 1.54) is 4.90 Å². The number of ether oxygens (including phenoxy) is 2. The summed E-state index contributed by atoms with van der Waals surface area (Å²) in [6.45, 7) is 14.0. The van der Waals surface area contributed by atoms with Crippen LogP contribution in [-0.2, 0) is 27.2 Å². The van der Waals surface area contributed by atoms with Gasteiger partial charge in [0.25, 0.3) is 11.8 Å². The summed E-state index contributed by atoms with van der Waals surface area (Å²) >= 11 is 0. The minimum Gasteiger partial charge on any atom is -0.364 e. The van der Waals surface area contributed by atoms with Crippen LogP contribution in [0.5, 0.6) is 0 Å². The van der Waals surface area contributed by atoms with Gasteiger partial charge in [0.05, 0.1) is 50.5 Å². The van der Waals surface area contributed by atoms with Crippen LogP contribution in [0, 0.1) is 5.92 Å². The van der Waals surface area contributed by atoms with Crippen molar-refractivity contribution in [3.05, 3.63) is 65.0 Å². The van der Waals surface area contributed by atoms with Crippen molar-refractivity contribution < 1.29 is 36.4 Å². The van der Waals surface area contributed by atoms with E-state index in [0.29, 0.717) is 34.6 Å². The summed E-state index contributed by atoms with van der Waals surface area (Å²) in [6.07, 6.45) is -2.92. The van der Waals surface area contributed by atoms with Gasteiger partial charge in [-0.25, -0.2) is 13.9 Å². The fourth-order valence-corrected chi connectivity index (χ4v) is 7.17. The molecule has 1 aliphatic carbocycles. The largest absolute Gasteiger partial charge is 0.416 e. The zero-order valence-electron chi connectivity index (χ0n) is 29.4. The maximum atomic E-state index is 13.9. The second kappa shape index (κ2) is 13.7. The van der Waals surface area contributed by atoms with E-state index in [1.807, 2.05) is 18.2 Å². The van der Waals surface area contributed by atoms with Gasteiger partial charge < -0.3 is 14.0 Å². The summed E-state index contributed by atoms with van der Waals surface area (Å²) in [6, 6.07) is 11.7. The van der Waals surface area contributed by atoms with Gasteiger partial charge in [-0.2, -0.15) is 13.2 Å². The van der Waals surface area contributed by atoms with Crippen LogP contribution in [0.2, 0.25) is 25.7 Å². The molecule has 2 amide bonds. The molecule has 14 heteroatoms. The second-order valence-corrected chi connectivity index (χ2v) is 23.3. The third kappa shape index (κ3) is 8.19. The van der Waals surface area contributed by atoms with Crippen molar-refractivity contribution in [1.29, 1.82) is 0 Å². The smallest absolute Gasteiger partial charge is 0.364 e. The average Bonchev–Trinajstić information content (AvgIpc) is 3.73. The predicted molar refractivity (Wildman–Crippen MR) is 186 cm³/mol. The molecule has 9 nitrogen and oxygen atoms in total. The third-order valence-corrected chi connectivity index (χ3v) is 12.3. The van der Waals surface area contributed by atoms with E-state index in [2.05, 4.69) is 24.4 Å². The molecule has 1 fully saturated rings. The Balaban J connectivity index is 1.57. The van der Waals surface area contributed by atoms with Crippen molar-refractivity contribution in [2.75, 3.05) is 13.2 Å². The van der Waals surface area contributed by atoms with Crippen LogP contribution in [0.4, 0.5) is 13.2 Å². The molecule has 1 saturated carbocycles. The molecule has 49 heavy (non-hydrogen) atoms. The van der Waals surface area contributed by atoms with Crippen LogP contribution < -0.4 is 4.72 Å². The molecule has 3 aromatic rings. The number of fused-ring (bicyclic) bond motifs is 2. The molecule has 2 aliphatic rings. The summed E-state index contributed by atoms with van der Waals surface area (Å²) in [5, 5.41) is 0. The number of amides is 2. The van der Waals surface area contributed by atoms with Crippen molar-refractivity contribution in [3.63, 3.8) is 0 Å². The molecular formula is C35H47F3N4O5SSi. The fourth-order valence-electron chi connectivity index (χ4n) is 5.63. The summed E-state index contributed by atoms with van der Waals surface area (Å²) in [5.41, 5.74) is 0.169. The monoisotopic (exact) mass is 720 g/mol. The zero-order valence-corrected chi connectivity index (χ0v) is 31.3. The van der Waals surface area contributed by atoms with Crippen LogP contribution in [-0.4, -0.2) is 68.3 Å². The lowest BCUT2D eigenvalue weighted by molar-refractivity contribution is -0.265. The van der Waals surface area contributed by atoms with Crippen LogP contribution in [0.3, 0.4) is 0 Å². The highest BCUT2D eigenvalue weighted by molar-refractivity contribution is 7.84. The Bertz CT molecular complexity index is 1710. The van der Waals surface area contributed by atoms with Gasteiger partial charge in [0.15, 0.2) is 5.60 Å². The molecule has 268 valence electrons. The van der Waals surface area contributed by atoms with Gasteiger partial charge in [0.2, 0.25) is 0 Å². The molecule has 1 N–H and O–H groups in total. The average molecular weight is 721 g/mol. The zero-order chi connectivity index (χ0) is 36.1. The van der Waals surface area contributed by atoms with E-state index in [9.17, 15) is 27.0 Å². The first kappa shape index (κ1) is 37.3. The highest BCUT2D eigenvalue weighted by Crippen LogP contribution is 2.47. The number of nitrogens with zero attached hydrogens (tertiary/aromatic N) is 3. The molecule has 2 aromatic carbocycles. The number of alkyl halides is 3. The normalized spacial score (nSPS) is 17.9. The predicted octanol–water partition coefficient (Wildman–Crippen LogP) is 7.55. The van der Waals surface area contributed by atoms with Gasteiger partial charge in [-0.1, -0.05) is 37.8 Å². The standard InChI is InChI=1S/C35H47F3N4O5SSi/c1-33(2,3)48(45)40-27(20-47-34(4,5)35(36,37)38)30-39-26-19-23(15-16-28(26)41(30)21-46-17-18-49(6,7)8)29(22-13-14-22)42-31(43)24-11-9-10-12-25(24)32(42)44/h9-12,15-16,19,22,27,29,40H,13-14,17-18,20-21H2,1-8H3/t27-,29+,48+/m0/s1. The van der Waals surface area contributed by atoms with Crippen LogP contribution in [0.25, 0.3) is 11.0 Å². The minimum atomic E-state index is -4.64. The Morgan fingerprint density at radius 1 is 1.00 bits per heavy atom. The minimum absolute atomic E-state index is 0.0586. The van der Waals surface area contributed by atoms with E-state index in [1.54, 1.807) is 49.6 Å². The number of nitrogens with one attached hydrogen (secondary N) is 1. The molecule has 0 unspecified atom stereocenters. The third-order valence-electron chi connectivity index (χ3n) is 8.94. The van der Waals surface area contributed by atoms with Gasteiger partial charge in [-0.05, 0) is 89.3 Å². The van der Waals surface area contributed by atoms with Crippen LogP contribution in [0.15, 0.2) is 42.5 Å². The maximum absolute atomic E-state index is 13.9.